The normalized spacial score (nSPS) is 11.4. The number of carbonyl (C=O) groups is 1. The van der Waals surface area contributed by atoms with Gasteiger partial charge in [0.15, 0.2) is 0 Å². The Balaban J connectivity index is 0.00000110. The fourth-order valence-corrected chi connectivity index (χ4v) is 2.09. The minimum atomic E-state index is 0.780. The largest absolute Gasteiger partial charge is 0.323 e. The molecule has 1 atom stereocenters. The highest BCUT2D eigenvalue weighted by molar-refractivity contribution is 5.74. The van der Waals surface area contributed by atoms with Crippen molar-refractivity contribution in [2.75, 3.05) is 27.7 Å². The lowest BCUT2D eigenvalue weighted by atomic mass is 9.94. The average Bonchev–Trinajstić information content (AvgIpc) is 2.48. The summed E-state index contributed by atoms with van der Waals surface area (Å²) in [7, 11) is 5.75. The number of rotatable bonds is 8. The zero-order chi connectivity index (χ0) is 15.2. The Hall–Kier alpha value is -1.19. The first-order valence-corrected chi connectivity index (χ1v) is 7.48. The van der Waals surface area contributed by atoms with Crippen LogP contribution in [0.25, 0.3) is 0 Å². The molecule has 1 rings (SSSR count). The summed E-state index contributed by atoms with van der Waals surface area (Å²) < 4.78 is 0. The van der Waals surface area contributed by atoms with Gasteiger partial charge in [-0.3, -0.25) is 4.79 Å². The fraction of sp³-hybridized carbons (Fsp3) is 0.588. The first-order chi connectivity index (χ1) is 9.71. The van der Waals surface area contributed by atoms with Gasteiger partial charge in [0.25, 0.3) is 0 Å². The van der Waals surface area contributed by atoms with E-state index in [0.29, 0.717) is 0 Å². The van der Waals surface area contributed by atoms with Crippen LogP contribution in [0.1, 0.15) is 42.1 Å². The van der Waals surface area contributed by atoms with Gasteiger partial charge in [0.2, 0.25) is 0 Å². The number of benzene rings is 1. The van der Waals surface area contributed by atoms with Crippen LogP contribution >= 0.6 is 0 Å². The van der Waals surface area contributed by atoms with E-state index in [-0.39, 0.29) is 0 Å². The molecule has 0 saturated heterocycles. The third-order valence-electron chi connectivity index (χ3n) is 3.31. The molecule has 2 N–H and O–H groups in total. The minimum Gasteiger partial charge on any atom is -0.323 e. The van der Waals surface area contributed by atoms with Crippen LogP contribution in [0.3, 0.4) is 0 Å². The SMILES string of the molecule is CCC(CCNC)CCc1cccc(C=O)c1.CNC. The Morgan fingerprint density at radius 1 is 1.20 bits per heavy atom. The lowest BCUT2D eigenvalue weighted by Gasteiger charge is -2.14. The van der Waals surface area contributed by atoms with Crippen LogP contribution in [0.5, 0.6) is 0 Å². The van der Waals surface area contributed by atoms with Crippen molar-refractivity contribution in [3.8, 4) is 0 Å². The van der Waals surface area contributed by atoms with Gasteiger partial charge in [-0.1, -0.05) is 31.5 Å². The van der Waals surface area contributed by atoms with E-state index in [1.807, 2.05) is 39.3 Å². The molecule has 0 fully saturated rings. The Bertz CT molecular complexity index is 353. The molecule has 0 heterocycles. The van der Waals surface area contributed by atoms with Gasteiger partial charge >= 0.3 is 0 Å². The zero-order valence-corrected chi connectivity index (χ0v) is 13.4. The molecule has 3 nitrogen and oxygen atoms in total. The molecular formula is C17H30N2O. The van der Waals surface area contributed by atoms with E-state index in [2.05, 4.69) is 23.6 Å². The summed E-state index contributed by atoms with van der Waals surface area (Å²) in [5.41, 5.74) is 2.06. The maximum atomic E-state index is 10.7. The van der Waals surface area contributed by atoms with Crippen molar-refractivity contribution in [2.45, 2.75) is 32.6 Å². The maximum Gasteiger partial charge on any atom is 0.150 e. The summed E-state index contributed by atoms with van der Waals surface area (Å²) in [5, 5.41) is 5.95. The first-order valence-electron chi connectivity index (χ1n) is 7.48. The molecule has 0 saturated carbocycles. The van der Waals surface area contributed by atoms with Gasteiger partial charge in [-0.2, -0.15) is 0 Å². The average molecular weight is 278 g/mol. The zero-order valence-electron chi connectivity index (χ0n) is 13.4. The van der Waals surface area contributed by atoms with E-state index < -0.39 is 0 Å². The number of nitrogens with one attached hydrogen (secondary N) is 2. The van der Waals surface area contributed by atoms with Crippen LogP contribution in [0.4, 0.5) is 0 Å². The molecule has 0 aliphatic rings. The lowest BCUT2D eigenvalue weighted by Crippen LogP contribution is -2.13. The van der Waals surface area contributed by atoms with Crippen molar-refractivity contribution in [1.82, 2.24) is 10.6 Å². The molecule has 0 radical (unpaired) electrons. The van der Waals surface area contributed by atoms with Gasteiger partial charge in [0.05, 0.1) is 0 Å². The van der Waals surface area contributed by atoms with Gasteiger partial charge in [0.1, 0.15) is 6.29 Å². The van der Waals surface area contributed by atoms with E-state index >= 15 is 0 Å². The highest BCUT2D eigenvalue weighted by Gasteiger charge is 2.06. The molecule has 0 spiro atoms. The minimum absolute atomic E-state index is 0.780. The summed E-state index contributed by atoms with van der Waals surface area (Å²) >= 11 is 0. The molecule has 1 aromatic carbocycles. The number of hydrogen-bond acceptors (Lipinski definition) is 3. The molecule has 0 amide bonds. The van der Waals surface area contributed by atoms with Crippen molar-refractivity contribution >= 4 is 6.29 Å². The lowest BCUT2D eigenvalue weighted by molar-refractivity contribution is 0.112. The van der Waals surface area contributed by atoms with Gasteiger partial charge in [-0.25, -0.2) is 0 Å². The fourth-order valence-electron chi connectivity index (χ4n) is 2.09. The third kappa shape index (κ3) is 8.83. The van der Waals surface area contributed by atoms with E-state index in [4.69, 9.17) is 0 Å². The first kappa shape index (κ1) is 18.8. The molecule has 20 heavy (non-hydrogen) atoms. The number of aldehydes is 1. The van der Waals surface area contributed by atoms with Gasteiger partial charge in [-0.15, -0.1) is 0 Å². The molecule has 114 valence electrons. The van der Waals surface area contributed by atoms with Gasteiger partial charge in [0, 0.05) is 5.56 Å². The Morgan fingerprint density at radius 2 is 1.90 bits per heavy atom. The molecule has 1 unspecified atom stereocenters. The predicted octanol–water partition coefficient (Wildman–Crippen LogP) is 2.90. The summed E-state index contributed by atoms with van der Waals surface area (Å²) in [6, 6.07) is 7.93. The second kappa shape index (κ2) is 12.8. The van der Waals surface area contributed by atoms with Crippen molar-refractivity contribution < 1.29 is 4.79 Å². The van der Waals surface area contributed by atoms with Crippen LogP contribution in [0, 0.1) is 5.92 Å². The smallest absolute Gasteiger partial charge is 0.150 e. The monoisotopic (exact) mass is 278 g/mol. The van der Waals surface area contributed by atoms with E-state index in [9.17, 15) is 4.79 Å². The van der Waals surface area contributed by atoms with Crippen LogP contribution in [-0.2, 0) is 6.42 Å². The second-order valence-corrected chi connectivity index (χ2v) is 5.07. The van der Waals surface area contributed by atoms with E-state index in [1.54, 1.807) is 0 Å². The van der Waals surface area contributed by atoms with E-state index in [0.717, 1.165) is 30.7 Å². The Kier molecular flexibility index (Phi) is 12.1. The summed E-state index contributed by atoms with van der Waals surface area (Å²) in [5.74, 6) is 0.780. The molecular weight excluding hydrogens is 248 g/mol. The maximum absolute atomic E-state index is 10.7. The summed E-state index contributed by atoms with van der Waals surface area (Å²) in [4.78, 5) is 10.7. The molecule has 0 bridgehead atoms. The Morgan fingerprint density at radius 3 is 2.45 bits per heavy atom. The summed E-state index contributed by atoms with van der Waals surface area (Å²) in [6.45, 7) is 3.34. The second-order valence-electron chi connectivity index (χ2n) is 5.07. The highest BCUT2D eigenvalue weighted by atomic mass is 16.1. The molecule has 0 aliphatic carbocycles. The van der Waals surface area contributed by atoms with Crippen LogP contribution in [-0.4, -0.2) is 34.0 Å². The molecule has 1 aromatic rings. The van der Waals surface area contributed by atoms with Crippen LogP contribution in [0.2, 0.25) is 0 Å². The predicted molar refractivity (Wildman–Crippen MR) is 87.5 cm³/mol. The Labute approximate surface area is 124 Å². The summed E-state index contributed by atoms with van der Waals surface area (Å²) in [6.07, 6.45) is 5.67. The quantitative estimate of drug-likeness (QED) is 0.718. The van der Waals surface area contributed by atoms with Gasteiger partial charge < -0.3 is 10.6 Å². The van der Waals surface area contributed by atoms with Crippen molar-refractivity contribution in [3.05, 3.63) is 35.4 Å². The van der Waals surface area contributed by atoms with Crippen molar-refractivity contribution in [2.24, 2.45) is 5.92 Å². The number of carbonyl (C=O) groups excluding carboxylic acids is 1. The third-order valence-corrected chi connectivity index (χ3v) is 3.31. The highest BCUT2D eigenvalue weighted by Crippen LogP contribution is 2.16. The standard InChI is InChI=1S/C15H23NO.C2H7N/c1-3-13(9-10-16-2)7-8-14-5-4-6-15(11-14)12-17;1-3-2/h4-6,11-13,16H,3,7-10H2,1-2H3;3H,1-2H3. The van der Waals surface area contributed by atoms with Crippen LogP contribution in [0.15, 0.2) is 24.3 Å². The number of hydrogen-bond donors (Lipinski definition) is 2. The molecule has 3 heteroatoms. The van der Waals surface area contributed by atoms with Crippen molar-refractivity contribution in [1.29, 1.82) is 0 Å². The van der Waals surface area contributed by atoms with Crippen molar-refractivity contribution in [3.63, 3.8) is 0 Å². The number of aryl methyl sites for hydroxylation is 1. The van der Waals surface area contributed by atoms with Gasteiger partial charge in [-0.05, 0) is 64.5 Å². The van der Waals surface area contributed by atoms with Crippen LogP contribution < -0.4 is 10.6 Å². The van der Waals surface area contributed by atoms with E-state index in [1.165, 1.54) is 24.8 Å². The molecule has 0 aromatic heterocycles. The topological polar surface area (TPSA) is 41.1 Å². The molecule has 0 aliphatic heterocycles.